The van der Waals surface area contributed by atoms with Crippen LogP contribution in [0, 0.1) is 12.8 Å². The summed E-state index contributed by atoms with van der Waals surface area (Å²) in [6, 6.07) is 4.86. The van der Waals surface area contributed by atoms with Crippen LogP contribution >= 0.6 is 23.2 Å². The Kier molecular flexibility index (Phi) is 8.97. The summed E-state index contributed by atoms with van der Waals surface area (Å²) in [4.78, 5) is 12.9. The average molecular weight is 545 g/mol. The van der Waals surface area contributed by atoms with Crippen molar-refractivity contribution in [2.75, 3.05) is 13.1 Å². The molecule has 1 amide bonds. The van der Waals surface area contributed by atoms with Gasteiger partial charge in [-0.1, -0.05) is 49.4 Å². The minimum atomic E-state index is -3.79. The van der Waals surface area contributed by atoms with Crippen LogP contribution in [0.5, 0.6) is 0 Å². The molecule has 10 heteroatoms. The van der Waals surface area contributed by atoms with Crippen molar-refractivity contribution < 1.29 is 18.3 Å². The van der Waals surface area contributed by atoms with Crippen LogP contribution in [0.4, 0.5) is 0 Å². The maximum Gasteiger partial charge on any atom is 0.253 e. The van der Waals surface area contributed by atoms with Gasteiger partial charge >= 0.3 is 0 Å². The highest BCUT2D eigenvalue weighted by molar-refractivity contribution is 7.89. The van der Waals surface area contributed by atoms with Gasteiger partial charge in [0.1, 0.15) is 4.90 Å². The summed E-state index contributed by atoms with van der Waals surface area (Å²) in [6.07, 6.45) is 5.84. The van der Waals surface area contributed by atoms with Gasteiger partial charge in [-0.05, 0) is 57.7 Å². The molecule has 1 fully saturated rings. The van der Waals surface area contributed by atoms with Crippen molar-refractivity contribution in [1.29, 1.82) is 0 Å². The van der Waals surface area contributed by atoms with Crippen molar-refractivity contribution in [3.8, 4) is 11.3 Å². The first-order valence-electron chi connectivity index (χ1n) is 12.0. The standard InChI is InChI=1S/C25H35Cl2N3O4S/c1-5-29-35(33,34)21-12-11-18(22(26)23(21)27)20-13-19(24(31)28-15-25(3,4)32)16(2)30(20)14-17-9-7-6-8-10-17/h11-13,17,29,32H,5-10,14-15H2,1-4H3,(H,28,31). The molecule has 1 heterocycles. The number of carbonyl (C=O) groups is 1. The number of aromatic nitrogens is 1. The smallest absolute Gasteiger partial charge is 0.253 e. The third kappa shape index (κ3) is 6.60. The fourth-order valence-corrected chi connectivity index (χ4v) is 6.47. The number of benzene rings is 1. The van der Waals surface area contributed by atoms with E-state index in [0.717, 1.165) is 25.1 Å². The van der Waals surface area contributed by atoms with Gasteiger partial charge in [-0.3, -0.25) is 4.79 Å². The molecule has 3 N–H and O–H groups in total. The van der Waals surface area contributed by atoms with E-state index < -0.39 is 15.6 Å². The Hall–Kier alpha value is -1.58. The van der Waals surface area contributed by atoms with Crippen molar-refractivity contribution in [3.63, 3.8) is 0 Å². The topological polar surface area (TPSA) is 100 Å². The Morgan fingerprint density at radius 2 is 1.83 bits per heavy atom. The monoisotopic (exact) mass is 543 g/mol. The maximum absolute atomic E-state index is 13.0. The zero-order chi connectivity index (χ0) is 26.0. The molecule has 1 aromatic carbocycles. The SMILES string of the molecule is CCNS(=O)(=O)c1ccc(-c2cc(C(=O)NCC(C)(C)O)c(C)n2CC2CCCCC2)c(Cl)c1Cl. The molecule has 1 saturated carbocycles. The van der Waals surface area contributed by atoms with Crippen LogP contribution in [-0.2, 0) is 16.6 Å². The molecule has 1 aliphatic rings. The molecule has 1 aromatic heterocycles. The molecule has 3 rings (SSSR count). The number of hydrogen-bond acceptors (Lipinski definition) is 4. The minimum absolute atomic E-state index is 0.0544. The summed E-state index contributed by atoms with van der Waals surface area (Å²) in [5.41, 5.74) is 1.50. The lowest BCUT2D eigenvalue weighted by Gasteiger charge is -2.24. The van der Waals surface area contributed by atoms with Crippen LogP contribution < -0.4 is 10.0 Å². The molecular weight excluding hydrogens is 509 g/mol. The fraction of sp³-hybridized carbons (Fsp3) is 0.560. The number of carbonyl (C=O) groups excluding carboxylic acids is 1. The van der Waals surface area contributed by atoms with Crippen molar-refractivity contribution in [2.24, 2.45) is 5.92 Å². The second-order valence-electron chi connectivity index (χ2n) is 9.88. The van der Waals surface area contributed by atoms with Crippen molar-refractivity contribution >= 4 is 39.1 Å². The number of nitrogens with one attached hydrogen (secondary N) is 2. The predicted molar refractivity (Wildman–Crippen MR) is 141 cm³/mol. The van der Waals surface area contributed by atoms with Crippen LogP contribution in [0.3, 0.4) is 0 Å². The van der Waals surface area contributed by atoms with Crippen LogP contribution in [-0.4, -0.2) is 42.7 Å². The highest BCUT2D eigenvalue weighted by Gasteiger charge is 2.27. The largest absolute Gasteiger partial charge is 0.389 e. The Morgan fingerprint density at radius 3 is 2.43 bits per heavy atom. The number of rotatable bonds is 9. The molecule has 1 aliphatic carbocycles. The minimum Gasteiger partial charge on any atom is -0.389 e. The Labute approximate surface area is 218 Å². The molecule has 0 unspecified atom stereocenters. The molecule has 0 bridgehead atoms. The summed E-state index contributed by atoms with van der Waals surface area (Å²) >= 11 is 13.1. The maximum atomic E-state index is 13.0. The van der Waals surface area contributed by atoms with E-state index in [0.29, 0.717) is 22.7 Å². The van der Waals surface area contributed by atoms with E-state index in [9.17, 15) is 18.3 Å². The molecular formula is C25H35Cl2N3O4S. The van der Waals surface area contributed by atoms with E-state index in [2.05, 4.69) is 14.6 Å². The molecule has 0 atom stereocenters. The molecule has 0 spiro atoms. The van der Waals surface area contributed by atoms with E-state index in [-0.39, 0.29) is 33.9 Å². The molecule has 35 heavy (non-hydrogen) atoms. The molecule has 2 aromatic rings. The highest BCUT2D eigenvalue weighted by Crippen LogP contribution is 2.40. The lowest BCUT2D eigenvalue weighted by Crippen LogP contribution is -2.38. The van der Waals surface area contributed by atoms with E-state index in [4.69, 9.17) is 23.2 Å². The van der Waals surface area contributed by atoms with E-state index in [1.165, 1.54) is 25.3 Å². The number of amides is 1. The van der Waals surface area contributed by atoms with Gasteiger partial charge in [0.25, 0.3) is 5.91 Å². The van der Waals surface area contributed by atoms with Gasteiger partial charge in [0.2, 0.25) is 10.0 Å². The van der Waals surface area contributed by atoms with Crippen LogP contribution in [0.1, 0.15) is 68.9 Å². The second-order valence-corrected chi connectivity index (χ2v) is 12.4. The second kappa shape index (κ2) is 11.2. The lowest BCUT2D eigenvalue weighted by molar-refractivity contribution is 0.0694. The summed E-state index contributed by atoms with van der Waals surface area (Å²) in [6.45, 7) is 7.90. The lowest BCUT2D eigenvalue weighted by atomic mass is 9.89. The van der Waals surface area contributed by atoms with Crippen molar-refractivity contribution in [2.45, 2.75) is 76.8 Å². The average Bonchev–Trinajstić information content (AvgIpc) is 3.10. The van der Waals surface area contributed by atoms with Crippen molar-refractivity contribution in [3.05, 3.63) is 39.5 Å². The molecule has 0 radical (unpaired) electrons. The number of nitrogens with zero attached hydrogens (tertiary/aromatic N) is 1. The van der Waals surface area contributed by atoms with Crippen LogP contribution in [0.25, 0.3) is 11.3 Å². The zero-order valence-corrected chi connectivity index (χ0v) is 23.1. The first-order chi connectivity index (χ1) is 16.4. The third-order valence-electron chi connectivity index (χ3n) is 6.40. The summed E-state index contributed by atoms with van der Waals surface area (Å²) in [7, 11) is -3.79. The van der Waals surface area contributed by atoms with Gasteiger partial charge in [-0.15, -0.1) is 0 Å². The molecule has 7 nitrogen and oxygen atoms in total. The van der Waals surface area contributed by atoms with E-state index in [1.54, 1.807) is 32.9 Å². The summed E-state index contributed by atoms with van der Waals surface area (Å²) in [5, 5.41) is 12.9. The van der Waals surface area contributed by atoms with Gasteiger partial charge in [-0.2, -0.15) is 0 Å². The number of aliphatic hydroxyl groups is 1. The molecule has 0 saturated heterocycles. The van der Waals surface area contributed by atoms with Gasteiger partial charge in [0.15, 0.2) is 0 Å². The van der Waals surface area contributed by atoms with Crippen LogP contribution in [0.15, 0.2) is 23.1 Å². The van der Waals surface area contributed by atoms with Gasteiger partial charge < -0.3 is 15.0 Å². The van der Waals surface area contributed by atoms with E-state index >= 15 is 0 Å². The number of halogens is 2. The molecule has 194 valence electrons. The third-order valence-corrected chi connectivity index (χ3v) is 8.99. The first kappa shape index (κ1) is 28.0. The van der Waals surface area contributed by atoms with Crippen molar-refractivity contribution in [1.82, 2.24) is 14.6 Å². The fourth-order valence-electron chi connectivity index (χ4n) is 4.56. The Balaban J connectivity index is 2.09. The van der Waals surface area contributed by atoms with Gasteiger partial charge in [0.05, 0.1) is 26.9 Å². The number of sulfonamides is 1. The normalized spacial score (nSPS) is 15.4. The van der Waals surface area contributed by atoms with Crippen LogP contribution in [0.2, 0.25) is 10.0 Å². The van der Waals surface area contributed by atoms with Gasteiger partial charge in [-0.25, -0.2) is 13.1 Å². The van der Waals surface area contributed by atoms with E-state index in [1.807, 2.05) is 6.92 Å². The number of hydrogen-bond donors (Lipinski definition) is 3. The molecule has 0 aliphatic heterocycles. The quantitative estimate of drug-likeness (QED) is 0.407. The van der Waals surface area contributed by atoms with Gasteiger partial charge in [0, 0.05) is 30.9 Å². The summed E-state index contributed by atoms with van der Waals surface area (Å²) < 4.78 is 29.6. The predicted octanol–water partition coefficient (Wildman–Crippen LogP) is 5.15. The zero-order valence-electron chi connectivity index (χ0n) is 20.7. The Morgan fingerprint density at radius 1 is 1.17 bits per heavy atom. The first-order valence-corrected chi connectivity index (χ1v) is 14.3. The Bertz CT molecular complexity index is 1180. The highest BCUT2D eigenvalue weighted by atomic mass is 35.5. The summed E-state index contributed by atoms with van der Waals surface area (Å²) in [5.74, 6) is 0.186.